The van der Waals surface area contributed by atoms with Gasteiger partial charge in [-0.1, -0.05) is 18.2 Å². The molecule has 0 fully saturated rings. The topological polar surface area (TPSA) is 63.5 Å². The minimum absolute atomic E-state index is 0.0122. The molecular formula is C16H18N2O3. The Labute approximate surface area is 123 Å². The molecule has 1 atom stereocenters. The summed E-state index contributed by atoms with van der Waals surface area (Å²) in [4.78, 5) is 11.7. The average molecular weight is 286 g/mol. The fraction of sp³-hybridized carbons (Fsp3) is 0.312. The van der Waals surface area contributed by atoms with Crippen molar-refractivity contribution in [2.45, 2.75) is 18.9 Å². The van der Waals surface area contributed by atoms with Crippen molar-refractivity contribution in [3.63, 3.8) is 0 Å². The van der Waals surface area contributed by atoms with Gasteiger partial charge in [-0.05, 0) is 23.8 Å². The summed E-state index contributed by atoms with van der Waals surface area (Å²) < 4.78 is 11.0. The molecule has 5 nitrogen and oxygen atoms in total. The Morgan fingerprint density at radius 3 is 2.90 bits per heavy atom. The Bertz CT molecular complexity index is 570. The number of urea groups is 1. The number of benzene rings is 1. The Balaban J connectivity index is 1.35. The van der Waals surface area contributed by atoms with Gasteiger partial charge in [-0.15, -0.1) is 0 Å². The Morgan fingerprint density at radius 1 is 1.19 bits per heavy atom. The van der Waals surface area contributed by atoms with E-state index in [1.807, 2.05) is 30.3 Å². The largest absolute Gasteiger partial charge is 0.488 e. The summed E-state index contributed by atoms with van der Waals surface area (Å²) in [6, 6.07) is 11.5. The molecule has 1 aliphatic rings. The van der Waals surface area contributed by atoms with Gasteiger partial charge < -0.3 is 19.8 Å². The van der Waals surface area contributed by atoms with Crippen LogP contribution < -0.4 is 15.4 Å². The molecule has 1 aliphatic heterocycles. The second kappa shape index (κ2) is 6.35. The first-order valence-corrected chi connectivity index (χ1v) is 7.10. The normalized spacial score (nSPS) is 16.1. The second-order valence-electron chi connectivity index (χ2n) is 5.02. The third-order valence-electron chi connectivity index (χ3n) is 3.44. The highest BCUT2D eigenvalue weighted by Crippen LogP contribution is 2.27. The maximum atomic E-state index is 11.7. The molecule has 2 aromatic rings. The molecule has 3 rings (SSSR count). The molecule has 5 heteroatoms. The van der Waals surface area contributed by atoms with Gasteiger partial charge in [0, 0.05) is 19.4 Å². The average Bonchev–Trinajstić information content (AvgIpc) is 3.13. The minimum Gasteiger partial charge on any atom is -0.488 e. The molecule has 2 heterocycles. The van der Waals surface area contributed by atoms with Crippen LogP contribution in [0.1, 0.15) is 11.3 Å². The molecule has 0 saturated heterocycles. The van der Waals surface area contributed by atoms with Crippen molar-refractivity contribution in [3.8, 4) is 5.75 Å². The van der Waals surface area contributed by atoms with Gasteiger partial charge >= 0.3 is 6.03 Å². The summed E-state index contributed by atoms with van der Waals surface area (Å²) in [6.07, 6.45) is 3.16. The molecule has 2 amide bonds. The van der Waals surface area contributed by atoms with Crippen molar-refractivity contribution in [2.75, 3.05) is 13.1 Å². The van der Waals surface area contributed by atoms with E-state index in [-0.39, 0.29) is 12.1 Å². The van der Waals surface area contributed by atoms with E-state index in [0.29, 0.717) is 19.5 Å². The molecule has 0 aliphatic carbocycles. The third-order valence-corrected chi connectivity index (χ3v) is 3.44. The number of hydrogen-bond donors (Lipinski definition) is 2. The van der Waals surface area contributed by atoms with Crippen molar-refractivity contribution in [1.29, 1.82) is 0 Å². The second-order valence-corrected chi connectivity index (χ2v) is 5.02. The van der Waals surface area contributed by atoms with E-state index < -0.39 is 0 Å². The van der Waals surface area contributed by atoms with Crippen LogP contribution in [0.25, 0.3) is 0 Å². The van der Waals surface area contributed by atoms with Crippen molar-refractivity contribution < 1.29 is 13.9 Å². The van der Waals surface area contributed by atoms with Gasteiger partial charge in [-0.2, -0.15) is 0 Å². The minimum atomic E-state index is -0.180. The number of amides is 2. The smallest absolute Gasteiger partial charge is 0.314 e. The summed E-state index contributed by atoms with van der Waals surface area (Å²) in [7, 11) is 0. The first-order chi connectivity index (χ1) is 10.3. The van der Waals surface area contributed by atoms with Gasteiger partial charge in [0.2, 0.25) is 0 Å². The van der Waals surface area contributed by atoms with Crippen molar-refractivity contribution in [3.05, 3.63) is 54.0 Å². The van der Waals surface area contributed by atoms with E-state index in [1.54, 1.807) is 6.26 Å². The summed E-state index contributed by atoms with van der Waals surface area (Å²) in [5.41, 5.74) is 1.20. The zero-order valence-electron chi connectivity index (χ0n) is 11.7. The third kappa shape index (κ3) is 3.56. The number of para-hydroxylation sites is 1. The summed E-state index contributed by atoms with van der Waals surface area (Å²) in [6.45, 7) is 1.05. The van der Waals surface area contributed by atoms with Crippen molar-refractivity contribution >= 4 is 6.03 Å². The quantitative estimate of drug-likeness (QED) is 0.885. The molecule has 0 radical (unpaired) electrons. The highest BCUT2D eigenvalue weighted by atomic mass is 16.5. The van der Waals surface area contributed by atoms with Crippen molar-refractivity contribution in [1.82, 2.24) is 10.6 Å². The number of fused-ring (bicyclic) bond motifs is 1. The fourth-order valence-corrected chi connectivity index (χ4v) is 2.39. The SMILES string of the molecule is O=C(NCCc1ccco1)NC[C@H]1Cc2ccccc2O1. The lowest BCUT2D eigenvalue weighted by molar-refractivity contribution is 0.214. The van der Waals surface area contributed by atoms with Gasteiger partial charge in [0.1, 0.15) is 17.6 Å². The van der Waals surface area contributed by atoms with Crippen LogP contribution in [0.2, 0.25) is 0 Å². The highest BCUT2D eigenvalue weighted by Gasteiger charge is 2.22. The standard InChI is InChI=1S/C16H18N2O3/c19-16(17-8-7-13-5-3-9-20-13)18-11-14-10-12-4-1-2-6-15(12)21-14/h1-6,9,14H,7-8,10-11H2,(H2,17,18,19)/t14-/m1/s1. The monoisotopic (exact) mass is 286 g/mol. The molecule has 1 aromatic heterocycles. The lowest BCUT2D eigenvalue weighted by atomic mass is 10.1. The lowest BCUT2D eigenvalue weighted by Gasteiger charge is -2.12. The van der Waals surface area contributed by atoms with Gasteiger partial charge in [0.15, 0.2) is 0 Å². The number of hydrogen-bond acceptors (Lipinski definition) is 3. The first kappa shape index (κ1) is 13.5. The summed E-state index contributed by atoms with van der Waals surface area (Å²) in [5.74, 6) is 1.78. The number of carbonyl (C=O) groups is 1. The lowest BCUT2D eigenvalue weighted by Crippen LogP contribution is -2.41. The molecule has 110 valence electrons. The molecule has 2 N–H and O–H groups in total. The van der Waals surface area contributed by atoms with E-state index in [9.17, 15) is 4.79 Å². The van der Waals surface area contributed by atoms with Gasteiger partial charge in [-0.3, -0.25) is 0 Å². The van der Waals surface area contributed by atoms with Crippen LogP contribution in [-0.2, 0) is 12.8 Å². The van der Waals surface area contributed by atoms with E-state index in [1.165, 1.54) is 5.56 Å². The number of rotatable bonds is 5. The number of carbonyl (C=O) groups excluding carboxylic acids is 1. The summed E-state index contributed by atoms with van der Waals surface area (Å²) >= 11 is 0. The Morgan fingerprint density at radius 2 is 2.10 bits per heavy atom. The van der Waals surface area contributed by atoms with Crippen LogP contribution in [-0.4, -0.2) is 25.2 Å². The van der Waals surface area contributed by atoms with Gasteiger partial charge in [-0.25, -0.2) is 4.79 Å². The maximum absolute atomic E-state index is 11.7. The number of furan rings is 1. The molecule has 21 heavy (non-hydrogen) atoms. The van der Waals surface area contributed by atoms with Crippen molar-refractivity contribution in [2.24, 2.45) is 0 Å². The van der Waals surface area contributed by atoms with E-state index >= 15 is 0 Å². The van der Waals surface area contributed by atoms with E-state index in [0.717, 1.165) is 17.9 Å². The highest BCUT2D eigenvalue weighted by molar-refractivity contribution is 5.73. The molecule has 1 aromatic carbocycles. The summed E-state index contributed by atoms with van der Waals surface area (Å²) in [5, 5.41) is 5.63. The maximum Gasteiger partial charge on any atom is 0.314 e. The van der Waals surface area contributed by atoms with E-state index in [2.05, 4.69) is 16.7 Å². The predicted molar refractivity (Wildman–Crippen MR) is 78.4 cm³/mol. The van der Waals surface area contributed by atoms with Crippen LogP contribution in [0.15, 0.2) is 47.1 Å². The zero-order chi connectivity index (χ0) is 14.5. The van der Waals surface area contributed by atoms with Crippen LogP contribution in [0.3, 0.4) is 0 Å². The number of nitrogens with one attached hydrogen (secondary N) is 2. The Hall–Kier alpha value is -2.43. The van der Waals surface area contributed by atoms with Gasteiger partial charge in [0.05, 0.1) is 12.8 Å². The number of ether oxygens (including phenoxy) is 1. The first-order valence-electron chi connectivity index (χ1n) is 7.10. The van der Waals surface area contributed by atoms with Gasteiger partial charge in [0.25, 0.3) is 0 Å². The molecule has 0 unspecified atom stereocenters. The molecule has 0 saturated carbocycles. The zero-order valence-corrected chi connectivity index (χ0v) is 11.7. The van der Waals surface area contributed by atoms with Crippen LogP contribution in [0, 0.1) is 0 Å². The van der Waals surface area contributed by atoms with E-state index in [4.69, 9.17) is 9.15 Å². The molecule has 0 bridgehead atoms. The Kier molecular flexibility index (Phi) is 4.09. The fourth-order valence-electron chi connectivity index (χ4n) is 2.39. The van der Waals surface area contributed by atoms with Crippen LogP contribution >= 0.6 is 0 Å². The molecular weight excluding hydrogens is 268 g/mol. The predicted octanol–water partition coefficient (Wildman–Crippen LogP) is 2.12. The molecule has 0 spiro atoms. The van der Waals surface area contributed by atoms with Crippen LogP contribution in [0.5, 0.6) is 5.75 Å². The van der Waals surface area contributed by atoms with Crippen LogP contribution in [0.4, 0.5) is 4.79 Å².